The molecule has 1 amide bonds. The highest BCUT2D eigenvalue weighted by Crippen LogP contribution is 2.49. The molecule has 1 saturated carbocycles. The summed E-state index contributed by atoms with van der Waals surface area (Å²) in [5.41, 5.74) is 1.13. The van der Waals surface area contributed by atoms with E-state index in [1.807, 2.05) is 23.1 Å². The van der Waals surface area contributed by atoms with Crippen molar-refractivity contribution in [3.05, 3.63) is 33.8 Å². The van der Waals surface area contributed by atoms with Gasteiger partial charge in [0, 0.05) is 31.6 Å². The number of nitrogens with one attached hydrogen (secondary N) is 1. The first-order valence-electron chi connectivity index (χ1n) is 7.04. The van der Waals surface area contributed by atoms with Crippen LogP contribution in [0.25, 0.3) is 0 Å². The number of piperazine rings is 1. The first kappa shape index (κ1) is 16.9. The molecule has 1 aromatic rings. The fourth-order valence-corrected chi connectivity index (χ4v) is 3.27. The molecule has 0 bridgehead atoms. The van der Waals surface area contributed by atoms with E-state index in [1.54, 1.807) is 0 Å². The Morgan fingerprint density at radius 1 is 1.33 bits per heavy atom. The molecule has 0 spiro atoms. The van der Waals surface area contributed by atoms with Crippen LogP contribution in [0.3, 0.4) is 0 Å². The predicted molar refractivity (Wildman–Crippen MR) is 88.6 cm³/mol. The number of carbonyl (C=O) groups is 1. The van der Waals surface area contributed by atoms with E-state index in [-0.39, 0.29) is 30.3 Å². The molecule has 1 saturated heterocycles. The Morgan fingerprint density at radius 2 is 2.10 bits per heavy atom. The van der Waals surface area contributed by atoms with E-state index < -0.39 is 0 Å². The van der Waals surface area contributed by atoms with Gasteiger partial charge in [-0.25, -0.2) is 0 Å². The monoisotopic (exact) mass is 348 g/mol. The van der Waals surface area contributed by atoms with E-state index in [4.69, 9.17) is 23.2 Å². The molecule has 116 valence electrons. The van der Waals surface area contributed by atoms with Crippen LogP contribution in [-0.2, 0) is 4.79 Å². The molecule has 3 nitrogen and oxygen atoms in total. The normalized spacial score (nSPS) is 28.0. The lowest BCUT2D eigenvalue weighted by molar-refractivity contribution is -0.135. The number of rotatable bonds is 2. The van der Waals surface area contributed by atoms with Gasteiger partial charge in [-0.3, -0.25) is 4.79 Å². The zero-order valence-electron chi connectivity index (χ0n) is 11.8. The molecule has 0 radical (unpaired) electrons. The lowest BCUT2D eigenvalue weighted by Crippen LogP contribution is -2.52. The maximum Gasteiger partial charge on any atom is 0.226 e. The molecule has 1 heterocycles. The van der Waals surface area contributed by atoms with Crippen molar-refractivity contribution in [1.29, 1.82) is 0 Å². The summed E-state index contributed by atoms with van der Waals surface area (Å²) in [5.74, 6) is 0.710. The van der Waals surface area contributed by atoms with Crippen LogP contribution in [0.5, 0.6) is 0 Å². The summed E-state index contributed by atoms with van der Waals surface area (Å²) >= 11 is 12.0. The van der Waals surface area contributed by atoms with Crippen molar-refractivity contribution in [2.24, 2.45) is 5.92 Å². The first-order chi connectivity index (χ1) is 9.58. The molecule has 2 aliphatic rings. The Hall–Kier alpha value is -0.480. The van der Waals surface area contributed by atoms with Gasteiger partial charge in [-0.15, -0.1) is 12.4 Å². The van der Waals surface area contributed by atoms with Gasteiger partial charge in [0.05, 0.1) is 10.0 Å². The summed E-state index contributed by atoms with van der Waals surface area (Å²) in [6, 6.07) is 5.97. The molecule has 21 heavy (non-hydrogen) atoms. The van der Waals surface area contributed by atoms with Gasteiger partial charge in [-0.1, -0.05) is 29.3 Å². The van der Waals surface area contributed by atoms with E-state index in [1.165, 1.54) is 0 Å². The molecular weight excluding hydrogens is 331 g/mol. The van der Waals surface area contributed by atoms with Gasteiger partial charge >= 0.3 is 0 Å². The molecule has 3 rings (SSSR count). The van der Waals surface area contributed by atoms with E-state index in [0.29, 0.717) is 16.0 Å². The molecular formula is C15H19Cl3N2O. The van der Waals surface area contributed by atoms with Crippen molar-refractivity contribution in [2.45, 2.75) is 25.3 Å². The number of carbonyl (C=O) groups excluding carboxylic acids is 1. The average Bonchev–Trinajstić information content (AvgIpc) is 3.22. The zero-order valence-corrected chi connectivity index (χ0v) is 14.1. The molecule has 0 aromatic heterocycles. The summed E-state index contributed by atoms with van der Waals surface area (Å²) in [4.78, 5) is 14.6. The smallest absolute Gasteiger partial charge is 0.226 e. The van der Waals surface area contributed by atoms with Crippen LogP contribution in [0.1, 0.15) is 24.8 Å². The van der Waals surface area contributed by atoms with Crippen molar-refractivity contribution >= 4 is 41.5 Å². The minimum Gasteiger partial charge on any atom is -0.337 e. The van der Waals surface area contributed by atoms with Gasteiger partial charge in [0.25, 0.3) is 0 Å². The first-order valence-corrected chi connectivity index (χ1v) is 7.79. The van der Waals surface area contributed by atoms with Crippen LogP contribution in [-0.4, -0.2) is 36.5 Å². The Balaban J connectivity index is 0.00000161. The van der Waals surface area contributed by atoms with E-state index in [9.17, 15) is 4.79 Å². The fourth-order valence-electron chi connectivity index (χ4n) is 2.96. The van der Waals surface area contributed by atoms with Crippen LogP contribution in [0, 0.1) is 5.92 Å². The summed E-state index contributed by atoms with van der Waals surface area (Å²) in [6.45, 7) is 4.68. The third-order valence-electron chi connectivity index (χ3n) is 4.26. The van der Waals surface area contributed by atoms with Gasteiger partial charge < -0.3 is 10.2 Å². The fraction of sp³-hybridized carbons (Fsp3) is 0.533. The lowest BCUT2D eigenvalue weighted by atomic mass is 10.1. The molecule has 2 unspecified atom stereocenters. The Morgan fingerprint density at radius 3 is 2.76 bits per heavy atom. The highest BCUT2D eigenvalue weighted by molar-refractivity contribution is 6.42. The van der Waals surface area contributed by atoms with Crippen LogP contribution < -0.4 is 5.32 Å². The van der Waals surface area contributed by atoms with Crippen LogP contribution in [0.15, 0.2) is 18.2 Å². The average molecular weight is 350 g/mol. The standard InChI is InChI=1S/C15H18Cl2N2O.ClH/c1-9-8-18-4-5-19(9)15(20)12-7-11(12)10-2-3-13(16)14(17)6-10;/h2-3,6,9,11-12,18H,4-5,7-8H2,1H3;1H/t9-,11?,12?;/m1./s1. The molecule has 6 heteroatoms. The van der Waals surface area contributed by atoms with Crippen LogP contribution in [0.4, 0.5) is 0 Å². The van der Waals surface area contributed by atoms with Crippen molar-refractivity contribution in [2.75, 3.05) is 19.6 Å². The third kappa shape index (κ3) is 3.48. The van der Waals surface area contributed by atoms with Gasteiger partial charge in [0.15, 0.2) is 0 Å². The van der Waals surface area contributed by atoms with E-state index >= 15 is 0 Å². The van der Waals surface area contributed by atoms with Gasteiger partial charge in [0.1, 0.15) is 0 Å². The highest BCUT2D eigenvalue weighted by atomic mass is 35.5. The molecule has 1 aliphatic heterocycles. The summed E-state index contributed by atoms with van der Waals surface area (Å²) in [6.07, 6.45) is 0.924. The number of nitrogens with zero attached hydrogens (tertiary/aromatic N) is 1. The number of benzene rings is 1. The molecule has 1 N–H and O–H groups in total. The second-order valence-corrected chi connectivity index (χ2v) is 6.52. The van der Waals surface area contributed by atoms with E-state index in [2.05, 4.69) is 12.2 Å². The predicted octanol–water partition coefficient (Wildman–Crippen LogP) is 3.34. The Bertz CT molecular complexity index is 538. The minimum absolute atomic E-state index is 0. The molecule has 1 aliphatic carbocycles. The zero-order chi connectivity index (χ0) is 14.3. The summed E-state index contributed by atoms with van der Waals surface area (Å²) in [7, 11) is 0. The maximum atomic E-state index is 12.5. The summed E-state index contributed by atoms with van der Waals surface area (Å²) in [5, 5.41) is 4.44. The van der Waals surface area contributed by atoms with E-state index in [0.717, 1.165) is 31.6 Å². The van der Waals surface area contributed by atoms with Crippen LogP contribution >= 0.6 is 35.6 Å². The lowest BCUT2D eigenvalue weighted by Gasteiger charge is -2.34. The third-order valence-corrected chi connectivity index (χ3v) is 5.00. The second kappa shape index (κ2) is 6.74. The Kier molecular flexibility index (Phi) is 5.42. The topological polar surface area (TPSA) is 32.3 Å². The van der Waals surface area contributed by atoms with Crippen molar-refractivity contribution in [3.8, 4) is 0 Å². The highest BCUT2D eigenvalue weighted by Gasteiger charge is 2.46. The maximum absolute atomic E-state index is 12.5. The quantitative estimate of drug-likeness (QED) is 0.888. The molecule has 2 fully saturated rings. The number of hydrogen-bond donors (Lipinski definition) is 1. The summed E-state index contributed by atoms with van der Waals surface area (Å²) < 4.78 is 0. The molecule has 1 aromatic carbocycles. The van der Waals surface area contributed by atoms with Crippen LogP contribution in [0.2, 0.25) is 10.0 Å². The minimum atomic E-state index is 0. The van der Waals surface area contributed by atoms with Crippen molar-refractivity contribution in [1.82, 2.24) is 10.2 Å². The number of hydrogen-bond acceptors (Lipinski definition) is 2. The van der Waals surface area contributed by atoms with Crippen molar-refractivity contribution < 1.29 is 4.79 Å². The van der Waals surface area contributed by atoms with Gasteiger partial charge in [-0.2, -0.15) is 0 Å². The van der Waals surface area contributed by atoms with Crippen molar-refractivity contribution in [3.63, 3.8) is 0 Å². The largest absolute Gasteiger partial charge is 0.337 e. The Labute approximate surface area is 141 Å². The van der Waals surface area contributed by atoms with Gasteiger partial charge in [-0.05, 0) is 37.0 Å². The molecule has 3 atom stereocenters. The van der Waals surface area contributed by atoms with Gasteiger partial charge in [0.2, 0.25) is 5.91 Å². The second-order valence-electron chi connectivity index (χ2n) is 5.71. The number of amides is 1. The SMILES string of the molecule is C[C@@H]1CNCCN1C(=O)C1CC1c1ccc(Cl)c(Cl)c1.Cl. The number of halogens is 3.